The number of hydrogen-bond acceptors (Lipinski definition) is 0. The molecule has 2 aliphatic carbocycles. The Morgan fingerprint density at radius 3 is 2.52 bits per heavy atom. The lowest BCUT2D eigenvalue weighted by atomic mass is 9.77. The van der Waals surface area contributed by atoms with Crippen LogP contribution in [-0.2, 0) is 6.42 Å². The van der Waals surface area contributed by atoms with E-state index in [1.54, 1.807) is 12.1 Å². The zero-order valence-corrected chi connectivity index (χ0v) is 13.9. The molecule has 0 heterocycles. The summed E-state index contributed by atoms with van der Waals surface area (Å²) < 4.78 is 13.5. The molecule has 0 unspecified atom stereocenters. The fourth-order valence-electron chi connectivity index (χ4n) is 4.63. The van der Waals surface area contributed by atoms with E-state index in [2.05, 4.69) is 25.1 Å². The van der Waals surface area contributed by atoms with Gasteiger partial charge in [-0.25, -0.2) is 4.39 Å². The first-order valence-corrected chi connectivity index (χ1v) is 9.16. The van der Waals surface area contributed by atoms with Crippen LogP contribution < -0.4 is 0 Å². The van der Waals surface area contributed by atoms with Crippen molar-refractivity contribution in [2.45, 2.75) is 57.8 Å². The molecule has 4 rings (SSSR count). The van der Waals surface area contributed by atoms with E-state index in [-0.39, 0.29) is 5.82 Å². The van der Waals surface area contributed by atoms with Crippen LogP contribution in [0.2, 0.25) is 0 Å². The predicted octanol–water partition coefficient (Wildman–Crippen LogP) is 6.47. The predicted molar refractivity (Wildman–Crippen MR) is 94.2 cm³/mol. The Bertz CT molecular complexity index is 708. The Morgan fingerprint density at radius 2 is 1.74 bits per heavy atom. The average Bonchev–Trinajstić information content (AvgIpc) is 2.93. The minimum Gasteiger partial charge on any atom is -0.207 e. The van der Waals surface area contributed by atoms with Crippen molar-refractivity contribution in [3.63, 3.8) is 0 Å². The lowest BCUT2D eigenvalue weighted by Crippen LogP contribution is -2.13. The lowest BCUT2D eigenvalue weighted by molar-refractivity contribution is 0.308. The normalized spacial score (nSPS) is 22.7. The van der Waals surface area contributed by atoms with Crippen LogP contribution in [0.1, 0.15) is 68.1 Å². The summed E-state index contributed by atoms with van der Waals surface area (Å²) in [6, 6.07) is 12.1. The molecule has 1 fully saturated rings. The van der Waals surface area contributed by atoms with E-state index in [4.69, 9.17) is 0 Å². The molecule has 120 valence electrons. The third kappa shape index (κ3) is 2.82. The number of benzene rings is 2. The van der Waals surface area contributed by atoms with Gasteiger partial charge in [0.25, 0.3) is 0 Å². The maximum Gasteiger partial charge on any atom is 0.123 e. The fraction of sp³-hybridized carbons (Fsp3) is 0.455. The van der Waals surface area contributed by atoms with Gasteiger partial charge in [0, 0.05) is 0 Å². The van der Waals surface area contributed by atoms with Crippen molar-refractivity contribution in [3.8, 4) is 11.1 Å². The molecule has 0 N–H and O–H groups in total. The van der Waals surface area contributed by atoms with Gasteiger partial charge < -0.3 is 0 Å². The second-order valence-electron chi connectivity index (χ2n) is 7.40. The Morgan fingerprint density at radius 1 is 0.913 bits per heavy atom. The minimum atomic E-state index is -0.130. The fourth-order valence-corrected chi connectivity index (χ4v) is 4.63. The Labute approximate surface area is 138 Å². The summed E-state index contributed by atoms with van der Waals surface area (Å²) >= 11 is 0. The van der Waals surface area contributed by atoms with Crippen molar-refractivity contribution in [2.24, 2.45) is 5.92 Å². The highest BCUT2D eigenvalue weighted by Gasteiger charge is 2.24. The number of fused-ring (bicyclic) bond motifs is 3. The summed E-state index contributed by atoms with van der Waals surface area (Å²) in [5, 5.41) is 0. The second-order valence-corrected chi connectivity index (χ2v) is 7.40. The standard InChI is InChI=1S/C22H25F/c1-2-3-15-4-6-16(7-5-15)17-9-11-21-19(12-17)13-18-8-10-20(23)14-22(18)21/h8-12,14-16H,2-7,13H2,1H3/t15-,16-. The first-order chi connectivity index (χ1) is 11.2. The van der Waals surface area contributed by atoms with E-state index in [0.29, 0.717) is 0 Å². The van der Waals surface area contributed by atoms with Crippen molar-refractivity contribution in [1.29, 1.82) is 0 Å². The van der Waals surface area contributed by atoms with Crippen molar-refractivity contribution >= 4 is 0 Å². The van der Waals surface area contributed by atoms with Gasteiger partial charge in [0.1, 0.15) is 5.82 Å². The number of halogens is 1. The molecule has 0 spiro atoms. The topological polar surface area (TPSA) is 0 Å². The first kappa shape index (κ1) is 14.9. The molecular weight excluding hydrogens is 283 g/mol. The third-order valence-electron chi connectivity index (χ3n) is 5.89. The van der Waals surface area contributed by atoms with Crippen LogP contribution in [0.5, 0.6) is 0 Å². The summed E-state index contributed by atoms with van der Waals surface area (Å²) in [7, 11) is 0. The van der Waals surface area contributed by atoms with Crippen LogP contribution in [0.25, 0.3) is 11.1 Å². The van der Waals surface area contributed by atoms with Crippen LogP contribution >= 0.6 is 0 Å². The molecule has 1 saturated carbocycles. The van der Waals surface area contributed by atoms with Crippen molar-refractivity contribution in [2.75, 3.05) is 0 Å². The molecule has 0 aliphatic heterocycles. The maximum atomic E-state index is 13.5. The van der Waals surface area contributed by atoms with Crippen LogP contribution in [0, 0.1) is 11.7 Å². The summed E-state index contributed by atoms with van der Waals surface area (Å²) in [4.78, 5) is 0. The SMILES string of the molecule is CCC[C@H]1CC[C@H](c2ccc3c(c2)Cc2ccc(F)cc2-3)CC1. The maximum absolute atomic E-state index is 13.5. The van der Waals surface area contributed by atoms with Crippen LogP contribution in [-0.4, -0.2) is 0 Å². The summed E-state index contributed by atoms with van der Waals surface area (Å²) in [5.41, 5.74) is 6.50. The van der Waals surface area contributed by atoms with Gasteiger partial charge in [-0.3, -0.25) is 0 Å². The highest BCUT2D eigenvalue weighted by atomic mass is 19.1. The van der Waals surface area contributed by atoms with E-state index < -0.39 is 0 Å². The smallest absolute Gasteiger partial charge is 0.123 e. The minimum absolute atomic E-state index is 0.130. The van der Waals surface area contributed by atoms with Gasteiger partial charge in [0.05, 0.1) is 0 Å². The Kier molecular flexibility index (Phi) is 3.97. The molecular formula is C22H25F. The second kappa shape index (κ2) is 6.11. The molecule has 0 saturated heterocycles. The zero-order valence-electron chi connectivity index (χ0n) is 13.9. The van der Waals surface area contributed by atoms with E-state index in [0.717, 1.165) is 23.8 Å². The Hall–Kier alpha value is -1.63. The highest BCUT2D eigenvalue weighted by molar-refractivity contribution is 5.77. The van der Waals surface area contributed by atoms with Gasteiger partial charge >= 0.3 is 0 Å². The summed E-state index contributed by atoms with van der Waals surface area (Å²) in [6.45, 7) is 2.30. The van der Waals surface area contributed by atoms with Gasteiger partial charge in [-0.05, 0) is 83.9 Å². The molecule has 2 aromatic carbocycles. The Balaban J connectivity index is 1.54. The molecule has 0 radical (unpaired) electrons. The molecule has 2 aliphatic rings. The van der Waals surface area contributed by atoms with E-state index >= 15 is 0 Å². The summed E-state index contributed by atoms with van der Waals surface area (Å²) in [5.74, 6) is 1.56. The van der Waals surface area contributed by atoms with Crippen molar-refractivity contribution in [3.05, 3.63) is 58.9 Å². The molecule has 0 aromatic heterocycles. The van der Waals surface area contributed by atoms with Gasteiger partial charge in [0.2, 0.25) is 0 Å². The van der Waals surface area contributed by atoms with Crippen LogP contribution in [0.3, 0.4) is 0 Å². The first-order valence-electron chi connectivity index (χ1n) is 9.16. The largest absolute Gasteiger partial charge is 0.207 e. The van der Waals surface area contributed by atoms with E-state index in [9.17, 15) is 4.39 Å². The molecule has 23 heavy (non-hydrogen) atoms. The van der Waals surface area contributed by atoms with Crippen LogP contribution in [0.4, 0.5) is 4.39 Å². The monoisotopic (exact) mass is 308 g/mol. The van der Waals surface area contributed by atoms with Crippen molar-refractivity contribution < 1.29 is 4.39 Å². The van der Waals surface area contributed by atoms with Gasteiger partial charge in [-0.2, -0.15) is 0 Å². The van der Waals surface area contributed by atoms with E-state index in [1.165, 1.54) is 60.8 Å². The average molecular weight is 308 g/mol. The van der Waals surface area contributed by atoms with E-state index in [1.807, 2.05) is 6.07 Å². The molecule has 1 heteroatoms. The van der Waals surface area contributed by atoms with Gasteiger partial charge in [-0.15, -0.1) is 0 Å². The molecule has 0 nitrogen and oxygen atoms in total. The molecule has 2 aromatic rings. The quantitative estimate of drug-likeness (QED) is 0.520. The molecule has 0 amide bonds. The summed E-state index contributed by atoms with van der Waals surface area (Å²) in [6.07, 6.45) is 9.14. The van der Waals surface area contributed by atoms with Crippen molar-refractivity contribution in [1.82, 2.24) is 0 Å². The zero-order chi connectivity index (χ0) is 15.8. The van der Waals surface area contributed by atoms with Crippen LogP contribution in [0.15, 0.2) is 36.4 Å². The molecule has 0 bridgehead atoms. The number of rotatable bonds is 3. The van der Waals surface area contributed by atoms with Gasteiger partial charge in [0.15, 0.2) is 0 Å². The highest BCUT2D eigenvalue weighted by Crippen LogP contribution is 2.42. The number of hydrogen-bond donors (Lipinski definition) is 0. The molecule has 0 atom stereocenters. The third-order valence-corrected chi connectivity index (χ3v) is 5.89. The lowest BCUT2D eigenvalue weighted by Gasteiger charge is -2.29. The van der Waals surface area contributed by atoms with Gasteiger partial charge in [-0.1, -0.05) is 44.0 Å².